The molecule has 2 heterocycles. The van der Waals surface area contributed by atoms with Crippen LogP contribution in [0.25, 0.3) is 49.6 Å². The van der Waals surface area contributed by atoms with E-state index < -0.39 is 5.41 Å². The Morgan fingerprint density at radius 2 is 1.15 bits per heavy atom. The van der Waals surface area contributed by atoms with Gasteiger partial charge in [-0.25, -0.2) is 0 Å². The molecular formula is C56H40N4S. The van der Waals surface area contributed by atoms with E-state index in [-0.39, 0.29) is 6.17 Å². The molecule has 3 unspecified atom stereocenters. The number of fused-ring (bicyclic) bond motifs is 11. The van der Waals surface area contributed by atoms with Crippen LogP contribution in [0.15, 0.2) is 221 Å². The highest BCUT2D eigenvalue weighted by Gasteiger charge is 2.51. The Bertz CT molecular complexity index is 3180. The SMILES string of the molecule is Nc1ccc(-c2cc3c(c4ccccc24)-c2ccccc2C32c3ccccc3Sc3ccc(-c4ccc(C[NH+]5[N-]C(c6ccccc6)=NC5c5ccccc5)cc4)cc32)cc1. The molecule has 61 heavy (non-hydrogen) atoms. The summed E-state index contributed by atoms with van der Waals surface area (Å²) in [6.07, 6.45) is -0.108. The summed E-state index contributed by atoms with van der Waals surface area (Å²) in [6, 6.07) is 75.0. The van der Waals surface area contributed by atoms with E-state index >= 15 is 0 Å². The molecular weight excluding hydrogens is 761 g/mol. The third-order valence-electron chi connectivity index (χ3n) is 12.8. The summed E-state index contributed by atoms with van der Waals surface area (Å²) in [5.41, 5.74) is 27.7. The fourth-order valence-electron chi connectivity index (χ4n) is 10.0. The quantitative estimate of drug-likeness (QED) is 0.165. The first-order valence-corrected chi connectivity index (χ1v) is 21.7. The van der Waals surface area contributed by atoms with Crippen LogP contribution in [0, 0.1) is 0 Å². The van der Waals surface area contributed by atoms with Gasteiger partial charge in [0.2, 0.25) is 0 Å². The first kappa shape index (κ1) is 35.7. The molecule has 9 aromatic rings. The number of hydrogen-bond donors (Lipinski definition) is 2. The van der Waals surface area contributed by atoms with Crippen LogP contribution >= 0.6 is 11.8 Å². The second-order valence-corrected chi connectivity index (χ2v) is 17.3. The van der Waals surface area contributed by atoms with E-state index in [1.807, 2.05) is 42.1 Å². The molecule has 290 valence electrons. The highest BCUT2D eigenvalue weighted by molar-refractivity contribution is 7.99. The molecule has 1 aliphatic carbocycles. The van der Waals surface area contributed by atoms with Crippen LogP contribution in [0.2, 0.25) is 0 Å². The van der Waals surface area contributed by atoms with Crippen LogP contribution in [-0.4, -0.2) is 5.84 Å². The molecule has 2 aliphatic heterocycles. The first-order valence-electron chi connectivity index (χ1n) is 20.9. The Balaban J connectivity index is 0.981. The van der Waals surface area contributed by atoms with Crippen LogP contribution in [-0.2, 0) is 12.0 Å². The zero-order valence-electron chi connectivity index (χ0n) is 33.3. The highest BCUT2D eigenvalue weighted by atomic mass is 32.2. The van der Waals surface area contributed by atoms with Gasteiger partial charge in [-0.05, 0) is 108 Å². The number of benzene rings is 9. The van der Waals surface area contributed by atoms with Gasteiger partial charge in [-0.3, -0.25) is 10.4 Å². The van der Waals surface area contributed by atoms with E-state index in [9.17, 15) is 0 Å². The lowest BCUT2D eigenvalue weighted by molar-refractivity contribution is -0.898. The van der Waals surface area contributed by atoms with E-state index in [2.05, 4.69) is 176 Å². The third-order valence-corrected chi connectivity index (χ3v) is 14.0. The number of amidine groups is 1. The normalized spacial score (nSPS) is 18.2. The zero-order chi connectivity index (χ0) is 40.5. The van der Waals surface area contributed by atoms with E-state index in [4.69, 9.17) is 16.2 Å². The highest BCUT2D eigenvalue weighted by Crippen LogP contribution is 2.64. The molecule has 3 aliphatic rings. The number of aliphatic imine (C=N–C) groups is 1. The summed E-state index contributed by atoms with van der Waals surface area (Å²) in [5.74, 6) is 0.798. The van der Waals surface area contributed by atoms with E-state index in [0.717, 1.165) is 39.8 Å². The molecule has 5 heteroatoms. The number of nitrogens with one attached hydrogen (secondary N) is 1. The van der Waals surface area contributed by atoms with Crippen molar-refractivity contribution in [3.63, 3.8) is 0 Å². The molecule has 0 aromatic heterocycles. The number of rotatable bonds is 6. The molecule has 3 atom stereocenters. The first-order chi connectivity index (χ1) is 30.1. The Labute approximate surface area is 360 Å². The number of hydrogen-bond acceptors (Lipinski definition) is 3. The van der Waals surface area contributed by atoms with Gasteiger partial charge >= 0.3 is 0 Å². The predicted molar refractivity (Wildman–Crippen MR) is 251 cm³/mol. The second-order valence-electron chi connectivity index (χ2n) is 16.2. The molecule has 4 nitrogen and oxygen atoms in total. The topological polar surface area (TPSA) is 56.9 Å². The molecule has 0 bridgehead atoms. The summed E-state index contributed by atoms with van der Waals surface area (Å²) in [7, 11) is 0. The summed E-state index contributed by atoms with van der Waals surface area (Å²) in [5, 5.41) is 3.57. The second kappa shape index (κ2) is 14.2. The minimum absolute atomic E-state index is 0.108. The smallest absolute Gasteiger partial charge is 0.136 e. The van der Waals surface area contributed by atoms with Gasteiger partial charge in [0.1, 0.15) is 12.7 Å². The van der Waals surface area contributed by atoms with Crippen molar-refractivity contribution in [2.45, 2.75) is 27.9 Å². The van der Waals surface area contributed by atoms with E-state index in [0.29, 0.717) is 0 Å². The maximum absolute atomic E-state index is 6.23. The lowest BCUT2D eigenvalue weighted by Gasteiger charge is -2.40. The number of anilines is 1. The van der Waals surface area contributed by atoms with Gasteiger partial charge in [-0.15, -0.1) is 0 Å². The molecule has 0 amide bonds. The van der Waals surface area contributed by atoms with Gasteiger partial charge in [0.25, 0.3) is 0 Å². The number of quaternary nitrogens is 1. The number of nitrogen functional groups attached to an aromatic ring is 1. The minimum Gasteiger partial charge on any atom is -0.403 e. The van der Waals surface area contributed by atoms with Gasteiger partial charge in [-0.2, -0.15) is 0 Å². The lowest BCUT2D eigenvalue weighted by atomic mass is 9.66. The van der Waals surface area contributed by atoms with Gasteiger partial charge in [0.05, 0.1) is 5.41 Å². The Hall–Kier alpha value is -7.18. The number of nitrogens with two attached hydrogens (primary N) is 1. The van der Waals surface area contributed by atoms with E-state index in [1.165, 1.54) is 76.2 Å². The Morgan fingerprint density at radius 3 is 1.95 bits per heavy atom. The maximum Gasteiger partial charge on any atom is 0.136 e. The molecule has 0 saturated carbocycles. The molecule has 0 fully saturated rings. The average Bonchev–Trinajstić information content (AvgIpc) is 3.87. The predicted octanol–water partition coefficient (Wildman–Crippen LogP) is 12.4. The fraction of sp³-hybridized carbons (Fsp3) is 0.0536. The van der Waals surface area contributed by atoms with Crippen molar-refractivity contribution in [2.24, 2.45) is 4.99 Å². The van der Waals surface area contributed by atoms with Crippen molar-refractivity contribution in [3.8, 4) is 33.4 Å². The van der Waals surface area contributed by atoms with Crippen molar-refractivity contribution in [1.29, 1.82) is 0 Å². The maximum atomic E-state index is 6.23. The minimum atomic E-state index is -0.533. The van der Waals surface area contributed by atoms with Gasteiger partial charge < -0.3 is 10.7 Å². The van der Waals surface area contributed by atoms with Gasteiger partial charge in [-0.1, -0.05) is 182 Å². The van der Waals surface area contributed by atoms with Crippen molar-refractivity contribution in [3.05, 3.63) is 251 Å². The Morgan fingerprint density at radius 1 is 0.508 bits per heavy atom. The van der Waals surface area contributed by atoms with Crippen LogP contribution in [0.3, 0.4) is 0 Å². The molecule has 9 aromatic carbocycles. The van der Waals surface area contributed by atoms with Gasteiger partial charge in [0.15, 0.2) is 0 Å². The third kappa shape index (κ3) is 5.69. The van der Waals surface area contributed by atoms with Crippen LogP contribution < -0.4 is 10.7 Å². The summed E-state index contributed by atoms with van der Waals surface area (Å²) in [6.45, 7) is 0.720. The summed E-state index contributed by atoms with van der Waals surface area (Å²) in [4.78, 5) is 7.72. The van der Waals surface area contributed by atoms with Crippen molar-refractivity contribution < 1.29 is 5.01 Å². The Kier molecular flexibility index (Phi) is 8.34. The molecule has 12 rings (SSSR count). The molecule has 0 saturated heterocycles. The fourth-order valence-corrected chi connectivity index (χ4v) is 11.2. The lowest BCUT2D eigenvalue weighted by Crippen LogP contribution is -3.05. The summed E-state index contributed by atoms with van der Waals surface area (Å²) < 4.78 is 0. The van der Waals surface area contributed by atoms with Crippen LogP contribution in [0.1, 0.15) is 45.1 Å². The number of nitrogens with zero attached hydrogens (tertiary/aromatic N) is 2. The average molecular weight is 801 g/mol. The monoisotopic (exact) mass is 800 g/mol. The molecule has 0 radical (unpaired) electrons. The van der Waals surface area contributed by atoms with Crippen molar-refractivity contribution >= 4 is 34.1 Å². The van der Waals surface area contributed by atoms with E-state index in [1.54, 1.807) is 0 Å². The molecule has 3 N–H and O–H groups in total. The van der Waals surface area contributed by atoms with Crippen LogP contribution in [0.4, 0.5) is 5.69 Å². The summed E-state index contributed by atoms with van der Waals surface area (Å²) >= 11 is 1.88. The standard InChI is InChI=1S/C56H40N4S/c57-42-30-27-38(28-31-42)46-34-50-53(44-18-8-7-17-43(44)46)45-19-9-10-20-47(45)56(50)48-21-11-12-22-51(48)61-52-32-29-41(33-49(52)56)37-25-23-36(24-26-37)35-60-55(40-15-5-2-6-16-40)58-54(59-60)39-13-3-1-4-14-39/h1-34,55,60H,35,57H2. The van der Waals surface area contributed by atoms with Crippen molar-refractivity contribution in [1.82, 2.24) is 0 Å². The van der Waals surface area contributed by atoms with Crippen molar-refractivity contribution in [2.75, 3.05) is 5.73 Å². The molecule has 1 spiro atoms. The van der Waals surface area contributed by atoms with Crippen LogP contribution in [0.5, 0.6) is 0 Å². The zero-order valence-corrected chi connectivity index (χ0v) is 34.1. The van der Waals surface area contributed by atoms with Gasteiger partial charge in [0, 0.05) is 32.4 Å². The largest absolute Gasteiger partial charge is 0.403 e.